The number of guanidine groups is 1. The molecule has 1 aliphatic heterocycles. The van der Waals surface area contributed by atoms with Crippen molar-refractivity contribution in [2.45, 2.75) is 13.0 Å². The van der Waals surface area contributed by atoms with E-state index in [1.54, 1.807) is 12.1 Å². The molecule has 0 unspecified atom stereocenters. The maximum Gasteiger partial charge on any atom is 0.263 e. The molecule has 2 rings (SSSR count). The molecular formula is C12H16F2IN3. The Balaban J connectivity index is 0.00000162. The summed E-state index contributed by atoms with van der Waals surface area (Å²) >= 11 is 0. The van der Waals surface area contributed by atoms with Crippen LogP contribution in [-0.2, 0) is 6.54 Å². The minimum Gasteiger partial charge on any atom is -0.352 e. The van der Waals surface area contributed by atoms with E-state index in [2.05, 4.69) is 10.3 Å². The van der Waals surface area contributed by atoms with Crippen LogP contribution in [0.2, 0.25) is 0 Å². The number of likely N-dealkylation sites (N-methyl/N-ethyl adjacent to an activating group) is 1. The molecular weight excluding hydrogens is 351 g/mol. The van der Waals surface area contributed by atoms with Gasteiger partial charge in [0.2, 0.25) is 0 Å². The summed E-state index contributed by atoms with van der Waals surface area (Å²) < 4.78 is 24.7. The number of benzene rings is 1. The number of aliphatic imine (C=N–C) groups is 1. The highest BCUT2D eigenvalue weighted by Gasteiger charge is 2.11. The number of alkyl halides is 2. The molecule has 6 heteroatoms. The molecule has 0 radical (unpaired) electrons. The molecule has 0 amide bonds. The van der Waals surface area contributed by atoms with Crippen molar-refractivity contribution in [3.8, 4) is 0 Å². The van der Waals surface area contributed by atoms with Gasteiger partial charge in [-0.05, 0) is 5.56 Å². The van der Waals surface area contributed by atoms with Crippen LogP contribution in [0.4, 0.5) is 8.78 Å². The lowest BCUT2D eigenvalue weighted by molar-refractivity contribution is 0.151. The number of hydrogen-bond donors (Lipinski definition) is 1. The summed E-state index contributed by atoms with van der Waals surface area (Å²) in [5.41, 5.74) is 1.03. The topological polar surface area (TPSA) is 27.6 Å². The molecule has 1 aromatic carbocycles. The molecule has 1 aromatic rings. The summed E-state index contributed by atoms with van der Waals surface area (Å²) in [6, 6.07) is 6.34. The van der Waals surface area contributed by atoms with Gasteiger partial charge in [-0.25, -0.2) is 8.78 Å². The van der Waals surface area contributed by atoms with Gasteiger partial charge in [0.25, 0.3) is 6.43 Å². The SMILES string of the molecule is CN1CCN=C1NCc1ccc(C(F)F)cc1.I. The van der Waals surface area contributed by atoms with Crippen LogP contribution in [0, 0.1) is 0 Å². The van der Waals surface area contributed by atoms with Crippen molar-refractivity contribution in [2.75, 3.05) is 20.1 Å². The zero-order valence-corrected chi connectivity index (χ0v) is 12.4. The molecule has 0 atom stereocenters. The predicted octanol–water partition coefficient (Wildman–Crippen LogP) is 2.63. The van der Waals surface area contributed by atoms with Gasteiger partial charge in [-0.15, -0.1) is 24.0 Å². The Morgan fingerprint density at radius 2 is 2.00 bits per heavy atom. The molecule has 0 saturated heterocycles. The Labute approximate surface area is 122 Å². The number of rotatable bonds is 3. The number of hydrogen-bond acceptors (Lipinski definition) is 3. The Morgan fingerprint density at radius 1 is 1.33 bits per heavy atom. The van der Waals surface area contributed by atoms with Crippen LogP contribution in [0.25, 0.3) is 0 Å². The summed E-state index contributed by atoms with van der Waals surface area (Å²) in [4.78, 5) is 6.32. The average molecular weight is 367 g/mol. The van der Waals surface area contributed by atoms with E-state index in [4.69, 9.17) is 0 Å². The highest BCUT2D eigenvalue weighted by atomic mass is 127. The van der Waals surface area contributed by atoms with Gasteiger partial charge >= 0.3 is 0 Å². The molecule has 1 aliphatic rings. The van der Waals surface area contributed by atoms with E-state index in [0.29, 0.717) is 6.54 Å². The van der Waals surface area contributed by atoms with E-state index in [-0.39, 0.29) is 29.5 Å². The van der Waals surface area contributed by atoms with Crippen molar-refractivity contribution in [3.05, 3.63) is 35.4 Å². The van der Waals surface area contributed by atoms with Crippen molar-refractivity contribution in [1.29, 1.82) is 0 Å². The second-order valence-electron chi connectivity index (χ2n) is 4.02. The highest BCUT2D eigenvalue weighted by Crippen LogP contribution is 2.18. The van der Waals surface area contributed by atoms with Crippen molar-refractivity contribution in [1.82, 2.24) is 10.2 Å². The van der Waals surface area contributed by atoms with E-state index in [0.717, 1.165) is 24.6 Å². The van der Waals surface area contributed by atoms with E-state index in [1.807, 2.05) is 11.9 Å². The molecule has 100 valence electrons. The summed E-state index contributed by atoms with van der Waals surface area (Å²) in [5, 5.41) is 3.18. The lowest BCUT2D eigenvalue weighted by Gasteiger charge is -2.15. The molecule has 1 N–H and O–H groups in total. The summed E-state index contributed by atoms with van der Waals surface area (Å²) in [6.45, 7) is 2.34. The molecule has 0 aromatic heterocycles. The molecule has 18 heavy (non-hydrogen) atoms. The normalized spacial score (nSPS) is 14.4. The summed E-state index contributed by atoms with van der Waals surface area (Å²) in [7, 11) is 1.97. The molecule has 0 spiro atoms. The van der Waals surface area contributed by atoms with Crippen molar-refractivity contribution in [3.63, 3.8) is 0 Å². The maximum absolute atomic E-state index is 12.3. The molecule has 3 nitrogen and oxygen atoms in total. The minimum atomic E-state index is -2.40. The monoisotopic (exact) mass is 367 g/mol. The standard InChI is InChI=1S/C12H15F2N3.HI/c1-17-7-6-15-12(17)16-8-9-2-4-10(5-3-9)11(13)14;/h2-5,11H,6-8H2,1H3,(H,15,16);1H. The van der Waals surface area contributed by atoms with Crippen LogP contribution in [0.5, 0.6) is 0 Å². The lowest BCUT2D eigenvalue weighted by atomic mass is 10.1. The fourth-order valence-corrected chi connectivity index (χ4v) is 1.69. The quantitative estimate of drug-likeness (QED) is 0.832. The lowest BCUT2D eigenvalue weighted by Crippen LogP contribution is -2.35. The van der Waals surface area contributed by atoms with Gasteiger partial charge in [-0.3, -0.25) is 4.99 Å². The van der Waals surface area contributed by atoms with Gasteiger partial charge in [0, 0.05) is 25.7 Å². The van der Waals surface area contributed by atoms with E-state index in [9.17, 15) is 8.78 Å². The second-order valence-corrected chi connectivity index (χ2v) is 4.02. The average Bonchev–Trinajstić information content (AvgIpc) is 2.73. The molecule has 0 fully saturated rings. The Morgan fingerprint density at radius 3 is 2.50 bits per heavy atom. The first-order chi connectivity index (χ1) is 8.16. The zero-order chi connectivity index (χ0) is 12.3. The third kappa shape index (κ3) is 3.79. The van der Waals surface area contributed by atoms with Crippen molar-refractivity contribution >= 4 is 29.9 Å². The smallest absolute Gasteiger partial charge is 0.263 e. The molecule has 1 heterocycles. The fraction of sp³-hybridized carbons (Fsp3) is 0.417. The van der Waals surface area contributed by atoms with Crippen molar-refractivity contribution in [2.24, 2.45) is 4.99 Å². The van der Waals surface area contributed by atoms with E-state index < -0.39 is 6.43 Å². The van der Waals surface area contributed by atoms with E-state index in [1.165, 1.54) is 12.1 Å². The first-order valence-corrected chi connectivity index (χ1v) is 5.53. The predicted molar refractivity (Wildman–Crippen MR) is 78.6 cm³/mol. The van der Waals surface area contributed by atoms with Crippen molar-refractivity contribution < 1.29 is 8.78 Å². The van der Waals surface area contributed by atoms with Crippen LogP contribution >= 0.6 is 24.0 Å². The Kier molecular flexibility index (Phi) is 5.77. The van der Waals surface area contributed by atoms with Crippen LogP contribution in [0.3, 0.4) is 0 Å². The minimum absolute atomic E-state index is 0. The van der Waals surface area contributed by atoms with Gasteiger partial charge in [0.15, 0.2) is 5.96 Å². The Bertz CT molecular complexity index is 406. The number of nitrogens with one attached hydrogen (secondary N) is 1. The first kappa shape index (κ1) is 15.1. The maximum atomic E-state index is 12.3. The number of halogens is 3. The van der Waals surface area contributed by atoms with Gasteiger partial charge < -0.3 is 10.2 Å². The molecule has 0 bridgehead atoms. The zero-order valence-electron chi connectivity index (χ0n) is 10.1. The van der Waals surface area contributed by atoms with Crippen LogP contribution in [-0.4, -0.2) is 31.0 Å². The first-order valence-electron chi connectivity index (χ1n) is 5.53. The van der Waals surface area contributed by atoms with Crippen LogP contribution in [0.15, 0.2) is 29.3 Å². The van der Waals surface area contributed by atoms with Crippen LogP contribution in [0.1, 0.15) is 17.6 Å². The van der Waals surface area contributed by atoms with Gasteiger partial charge in [0.1, 0.15) is 0 Å². The van der Waals surface area contributed by atoms with Crippen LogP contribution < -0.4 is 5.32 Å². The summed E-state index contributed by atoms with van der Waals surface area (Å²) in [5.74, 6) is 0.864. The third-order valence-corrected chi connectivity index (χ3v) is 2.74. The van der Waals surface area contributed by atoms with Gasteiger partial charge in [0.05, 0.1) is 6.54 Å². The van der Waals surface area contributed by atoms with E-state index >= 15 is 0 Å². The molecule has 0 aliphatic carbocycles. The summed E-state index contributed by atoms with van der Waals surface area (Å²) in [6.07, 6.45) is -2.40. The third-order valence-electron chi connectivity index (χ3n) is 2.74. The largest absolute Gasteiger partial charge is 0.352 e. The highest BCUT2D eigenvalue weighted by molar-refractivity contribution is 14.0. The Hall–Kier alpha value is -0.920. The fourth-order valence-electron chi connectivity index (χ4n) is 1.69. The second kappa shape index (κ2) is 6.86. The van der Waals surface area contributed by atoms with Gasteiger partial charge in [-0.1, -0.05) is 24.3 Å². The molecule has 0 saturated carbocycles. The van der Waals surface area contributed by atoms with Gasteiger partial charge in [-0.2, -0.15) is 0 Å². The number of nitrogens with zero attached hydrogens (tertiary/aromatic N) is 2.